The Labute approximate surface area is 192 Å². The Morgan fingerprint density at radius 2 is 1.97 bits per heavy atom. The van der Waals surface area contributed by atoms with E-state index in [9.17, 15) is 19.5 Å². The molecule has 1 N–H and O–H groups in total. The molecule has 2 rings (SSSR count). The summed E-state index contributed by atoms with van der Waals surface area (Å²) in [6, 6.07) is -0.690. The molecule has 1 amide bonds. The van der Waals surface area contributed by atoms with Crippen molar-refractivity contribution < 1.29 is 33.4 Å². The van der Waals surface area contributed by atoms with Crippen LogP contribution in [-0.2, 0) is 28.3 Å². The van der Waals surface area contributed by atoms with Crippen molar-refractivity contribution in [3.05, 3.63) is 12.7 Å². The molecule has 182 valence electrons. The molecule has 32 heavy (non-hydrogen) atoms. The molecule has 2 unspecified atom stereocenters. The second-order valence-electron chi connectivity index (χ2n) is 10.3. The van der Waals surface area contributed by atoms with Gasteiger partial charge in [0.25, 0.3) is 0 Å². The zero-order chi connectivity index (χ0) is 24.4. The van der Waals surface area contributed by atoms with Crippen molar-refractivity contribution in [2.24, 2.45) is 11.8 Å². The maximum atomic E-state index is 13.1. The van der Waals surface area contributed by atoms with E-state index in [-0.39, 0.29) is 17.4 Å². The number of hydrogen-bond donors (Lipinski definition) is 1. The molecular weight excluding hydrogens is 430 g/mol. The Kier molecular flexibility index (Phi) is 8.47. The van der Waals surface area contributed by atoms with Crippen LogP contribution in [0.5, 0.6) is 0 Å². The van der Waals surface area contributed by atoms with Crippen LogP contribution >= 0.6 is 0 Å². The van der Waals surface area contributed by atoms with E-state index in [1.54, 1.807) is 6.92 Å². The summed E-state index contributed by atoms with van der Waals surface area (Å²) >= 11 is 0. The highest BCUT2D eigenvalue weighted by molar-refractivity contribution is 6.74. The van der Waals surface area contributed by atoms with Crippen molar-refractivity contribution in [3.63, 3.8) is 0 Å². The van der Waals surface area contributed by atoms with Gasteiger partial charge < -0.3 is 23.9 Å². The average Bonchev–Trinajstić information content (AvgIpc) is 3.22. The summed E-state index contributed by atoms with van der Waals surface area (Å²) in [5, 5.41) is 10.5. The van der Waals surface area contributed by atoms with Crippen LogP contribution < -0.4 is 0 Å². The molecular formula is C23H39NO7Si. The number of ketones is 1. The summed E-state index contributed by atoms with van der Waals surface area (Å²) in [4.78, 5) is 39.6. The van der Waals surface area contributed by atoms with E-state index >= 15 is 0 Å². The van der Waals surface area contributed by atoms with Crippen LogP contribution in [0.3, 0.4) is 0 Å². The van der Waals surface area contributed by atoms with E-state index < -0.39 is 56.5 Å². The molecule has 8 nitrogen and oxygen atoms in total. The van der Waals surface area contributed by atoms with E-state index in [4.69, 9.17) is 13.9 Å². The van der Waals surface area contributed by atoms with Crippen molar-refractivity contribution in [1.29, 1.82) is 0 Å². The normalized spacial score (nSPS) is 26.8. The first-order chi connectivity index (χ1) is 14.7. The number of likely N-dealkylation sites (tertiary alicyclic amines) is 1. The third-order valence-corrected chi connectivity index (χ3v) is 11.6. The zero-order valence-corrected chi connectivity index (χ0v) is 21.4. The smallest absolute Gasteiger partial charge is 0.356 e. The maximum Gasteiger partial charge on any atom is 0.356 e. The number of Topliss-reactive ketones (excluding diaryl/α,β-unsaturated/α-hetero) is 1. The van der Waals surface area contributed by atoms with Crippen molar-refractivity contribution in [2.75, 3.05) is 13.2 Å². The molecule has 2 aliphatic rings. The summed E-state index contributed by atoms with van der Waals surface area (Å²) in [5.41, 5.74) is 0. The predicted molar refractivity (Wildman–Crippen MR) is 122 cm³/mol. The number of esters is 1. The van der Waals surface area contributed by atoms with Gasteiger partial charge in [0.1, 0.15) is 12.7 Å². The minimum atomic E-state index is -2.19. The predicted octanol–water partition coefficient (Wildman–Crippen LogP) is 2.66. The molecule has 2 heterocycles. The first-order valence-corrected chi connectivity index (χ1v) is 14.3. The third kappa shape index (κ3) is 5.32. The highest BCUT2D eigenvalue weighted by Gasteiger charge is 2.59. The maximum absolute atomic E-state index is 13.1. The van der Waals surface area contributed by atoms with Crippen LogP contribution in [0.1, 0.15) is 47.5 Å². The number of ether oxygens (including phenoxy) is 2. The standard InChI is InChI=1S/C23H39NO7Si/c1-9-12-30-22(28)21(27)24-18(14(2)19(25)16-11-10-13-29-16)17(20(24)26)15(3)31-32(7,8)23(4,5)6/h9,14-18,21,27H,1,10-13H2,2-8H3/t14-,15-,16?,17-,18-,21?/m1/s1. The average molecular weight is 470 g/mol. The highest BCUT2D eigenvalue weighted by atomic mass is 28.4. The van der Waals surface area contributed by atoms with Gasteiger partial charge in [-0.15, -0.1) is 0 Å². The summed E-state index contributed by atoms with van der Waals surface area (Å²) in [6.45, 7) is 18.0. The van der Waals surface area contributed by atoms with E-state index in [0.29, 0.717) is 13.0 Å². The monoisotopic (exact) mass is 469 g/mol. The molecule has 0 aromatic heterocycles. The number of amides is 1. The number of β-lactam (4-membered cyclic amide) rings is 1. The van der Waals surface area contributed by atoms with Gasteiger partial charge in [0, 0.05) is 12.5 Å². The van der Waals surface area contributed by atoms with Crippen LogP contribution in [0, 0.1) is 11.8 Å². The number of rotatable bonds is 10. The van der Waals surface area contributed by atoms with E-state index in [1.165, 1.54) is 6.08 Å². The Bertz CT molecular complexity index is 726. The molecule has 0 bridgehead atoms. The van der Waals surface area contributed by atoms with Gasteiger partial charge in [0.15, 0.2) is 14.1 Å². The van der Waals surface area contributed by atoms with Crippen LogP contribution in [0.2, 0.25) is 18.1 Å². The van der Waals surface area contributed by atoms with Gasteiger partial charge in [-0.1, -0.05) is 40.3 Å². The fourth-order valence-corrected chi connectivity index (χ4v) is 5.61. The van der Waals surface area contributed by atoms with E-state index in [1.807, 2.05) is 6.92 Å². The molecule has 0 spiro atoms. The van der Waals surface area contributed by atoms with Crippen LogP contribution in [0.25, 0.3) is 0 Å². The first-order valence-electron chi connectivity index (χ1n) is 11.4. The van der Waals surface area contributed by atoms with E-state index in [2.05, 4.69) is 40.4 Å². The third-order valence-electron chi connectivity index (χ3n) is 7.05. The Hall–Kier alpha value is -1.55. The second kappa shape index (κ2) is 10.2. The molecule has 6 atom stereocenters. The Morgan fingerprint density at radius 3 is 2.47 bits per heavy atom. The molecule has 0 aliphatic carbocycles. The lowest BCUT2D eigenvalue weighted by atomic mass is 9.74. The highest BCUT2D eigenvalue weighted by Crippen LogP contribution is 2.43. The minimum Gasteiger partial charge on any atom is -0.458 e. The second-order valence-corrected chi connectivity index (χ2v) is 15.1. The number of carbonyl (C=O) groups excluding carboxylic acids is 3. The SMILES string of the molecule is C=CCOC(=O)C(O)N1C(=O)[C@H]([C@@H](C)O[Si](C)(C)C(C)(C)C)[C@H]1[C@@H](C)C(=O)C1CCCO1. The lowest BCUT2D eigenvalue weighted by Crippen LogP contribution is -2.72. The Morgan fingerprint density at radius 1 is 1.34 bits per heavy atom. The summed E-state index contributed by atoms with van der Waals surface area (Å²) in [7, 11) is -2.19. The van der Waals surface area contributed by atoms with Gasteiger partial charge in [0.05, 0.1) is 18.1 Å². The molecule has 2 aliphatic heterocycles. The molecule has 0 aromatic carbocycles. The Balaban J connectivity index is 2.29. The number of nitrogens with zero attached hydrogens (tertiary/aromatic N) is 1. The fraction of sp³-hybridized carbons (Fsp3) is 0.783. The topological polar surface area (TPSA) is 102 Å². The van der Waals surface area contributed by atoms with Crippen LogP contribution in [0.15, 0.2) is 12.7 Å². The quantitative estimate of drug-likeness (QED) is 0.227. The van der Waals surface area contributed by atoms with Crippen LogP contribution in [-0.4, -0.2) is 73.7 Å². The summed E-state index contributed by atoms with van der Waals surface area (Å²) in [5.74, 6) is -2.77. The lowest BCUT2D eigenvalue weighted by molar-refractivity contribution is -0.201. The molecule has 0 aromatic rings. The number of carbonyl (C=O) groups is 3. The van der Waals surface area contributed by atoms with Crippen molar-refractivity contribution in [1.82, 2.24) is 4.90 Å². The van der Waals surface area contributed by atoms with Gasteiger partial charge >= 0.3 is 5.97 Å². The van der Waals surface area contributed by atoms with Gasteiger partial charge in [-0.25, -0.2) is 4.79 Å². The van der Waals surface area contributed by atoms with E-state index in [0.717, 1.165) is 11.3 Å². The lowest BCUT2D eigenvalue weighted by Gasteiger charge is -2.54. The molecule has 2 fully saturated rings. The summed E-state index contributed by atoms with van der Waals surface area (Å²) in [6.07, 6.45) is 0.0334. The summed E-state index contributed by atoms with van der Waals surface area (Å²) < 4.78 is 16.9. The number of hydrogen-bond acceptors (Lipinski definition) is 7. The number of aliphatic hydroxyl groups excluding tert-OH is 1. The molecule has 9 heteroatoms. The molecule has 0 saturated carbocycles. The van der Waals surface area contributed by atoms with Crippen molar-refractivity contribution in [3.8, 4) is 0 Å². The first kappa shape index (κ1) is 26.7. The largest absolute Gasteiger partial charge is 0.458 e. The van der Waals surface area contributed by atoms with Gasteiger partial charge in [-0.3, -0.25) is 9.59 Å². The fourth-order valence-electron chi connectivity index (χ4n) is 4.18. The van der Waals surface area contributed by atoms with Gasteiger partial charge in [-0.05, 0) is 37.9 Å². The molecule has 2 saturated heterocycles. The number of aliphatic hydroxyl groups is 1. The van der Waals surface area contributed by atoms with Gasteiger partial charge in [-0.2, -0.15) is 0 Å². The van der Waals surface area contributed by atoms with Crippen LogP contribution in [0.4, 0.5) is 0 Å². The van der Waals surface area contributed by atoms with Crippen molar-refractivity contribution in [2.45, 2.75) is 90.1 Å². The van der Waals surface area contributed by atoms with Gasteiger partial charge in [0.2, 0.25) is 12.1 Å². The molecule has 0 radical (unpaired) electrons. The van der Waals surface area contributed by atoms with Crippen molar-refractivity contribution >= 4 is 26.0 Å². The zero-order valence-electron chi connectivity index (χ0n) is 20.4. The minimum absolute atomic E-state index is 0.0592.